The summed E-state index contributed by atoms with van der Waals surface area (Å²) in [6, 6.07) is 14.0. The molecule has 0 aromatic heterocycles. The third-order valence-corrected chi connectivity index (χ3v) is 3.10. The number of aryl methyl sites for hydroxylation is 2. The predicted molar refractivity (Wildman–Crippen MR) is 81.2 cm³/mol. The third kappa shape index (κ3) is 4.00. The van der Waals surface area contributed by atoms with E-state index in [1.807, 2.05) is 30.3 Å². The van der Waals surface area contributed by atoms with Crippen LogP contribution in [0.25, 0.3) is 0 Å². The van der Waals surface area contributed by atoms with E-state index in [4.69, 9.17) is 15.2 Å². The van der Waals surface area contributed by atoms with Crippen molar-refractivity contribution in [3.05, 3.63) is 59.2 Å². The molecular formula is C17H21NO2. The Morgan fingerprint density at radius 1 is 0.900 bits per heavy atom. The van der Waals surface area contributed by atoms with Crippen LogP contribution in [-0.2, 0) is 6.54 Å². The smallest absolute Gasteiger partial charge is 0.122 e. The summed E-state index contributed by atoms with van der Waals surface area (Å²) in [5.41, 5.74) is 9.04. The minimum Gasteiger partial charge on any atom is -0.490 e. The molecule has 0 fully saturated rings. The van der Waals surface area contributed by atoms with Gasteiger partial charge in [0.1, 0.15) is 24.7 Å². The normalized spacial score (nSPS) is 10.3. The lowest BCUT2D eigenvalue weighted by Gasteiger charge is -2.11. The van der Waals surface area contributed by atoms with Gasteiger partial charge in [0.2, 0.25) is 0 Å². The van der Waals surface area contributed by atoms with Gasteiger partial charge in [-0.1, -0.05) is 29.8 Å². The molecule has 0 unspecified atom stereocenters. The van der Waals surface area contributed by atoms with Crippen molar-refractivity contribution in [1.29, 1.82) is 0 Å². The fourth-order valence-corrected chi connectivity index (χ4v) is 1.99. The zero-order chi connectivity index (χ0) is 14.4. The van der Waals surface area contributed by atoms with E-state index in [2.05, 4.69) is 26.0 Å². The van der Waals surface area contributed by atoms with Crippen LogP contribution in [0.2, 0.25) is 0 Å². The number of rotatable bonds is 6. The van der Waals surface area contributed by atoms with Crippen molar-refractivity contribution >= 4 is 0 Å². The maximum Gasteiger partial charge on any atom is 0.122 e. The highest BCUT2D eigenvalue weighted by molar-refractivity contribution is 5.35. The van der Waals surface area contributed by atoms with E-state index in [0.29, 0.717) is 19.8 Å². The maximum atomic E-state index is 5.71. The number of ether oxygens (including phenoxy) is 2. The second kappa shape index (κ2) is 6.96. The molecule has 0 aliphatic heterocycles. The van der Waals surface area contributed by atoms with Crippen molar-refractivity contribution in [2.75, 3.05) is 13.2 Å². The number of nitrogens with two attached hydrogens (primary N) is 1. The summed E-state index contributed by atoms with van der Waals surface area (Å²) >= 11 is 0. The van der Waals surface area contributed by atoms with Gasteiger partial charge in [-0.3, -0.25) is 0 Å². The standard InChI is InChI=1S/C17H21NO2/c1-13-3-8-17(14(2)11-13)20-10-9-19-16-6-4-15(12-18)5-7-16/h3-8,11H,9-10,12,18H2,1-2H3. The first-order valence-electron chi connectivity index (χ1n) is 6.81. The van der Waals surface area contributed by atoms with Gasteiger partial charge in [0.25, 0.3) is 0 Å². The van der Waals surface area contributed by atoms with Crippen LogP contribution in [0.5, 0.6) is 11.5 Å². The lowest BCUT2D eigenvalue weighted by atomic mass is 10.1. The fraction of sp³-hybridized carbons (Fsp3) is 0.294. The summed E-state index contributed by atoms with van der Waals surface area (Å²) in [5.74, 6) is 1.75. The summed E-state index contributed by atoms with van der Waals surface area (Å²) < 4.78 is 11.3. The molecule has 0 aliphatic carbocycles. The molecule has 2 rings (SSSR count). The molecule has 0 aliphatic rings. The van der Waals surface area contributed by atoms with E-state index in [1.54, 1.807) is 0 Å². The highest BCUT2D eigenvalue weighted by atomic mass is 16.5. The molecule has 0 radical (unpaired) electrons. The summed E-state index contributed by atoms with van der Waals surface area (Å²) in [7, 11) is 0. The summed E-state index contributed by atoms with van der Waals surface area (Å²) in [6.07, 6.45) is 0. The highest BCUT2D eigenvalue weighted by Gasteiger charge is 2.00. The van der Waals surface area contributed by atoms with Gasteiger partial charge in [-0.2, -0.15) is 0 Å². The summed E-state index contributed by atoms with van der Waals surface area (Å²) in [4.78, 5) is 0. The molecule has 2 N–H and O–H groups in total. The molecular weight excluding hydrogens is 250 g/mol. The number of hydrogen-bond donors (Lipinski definition) is 1. The molecule has 0 amide bonds. The summed E-state index contributed by atoms with van der Waals surface area (Å²) in [5, 5.41) is 0. The predicted octanol–water partition coefficient (Wildman–Crippen LogP) is 3.22. The quantitative estimate of drug-likeness (QED) is 0.820. The van der Waals surface area contributed by atoms with Crippen molar-refractivity contribution in [1.82, 2.24) is 0 Å². The second-order valence-electron chi connectivity index (χ2n) is 4.81. The molecule has 0 saturated carbocycles. The Morgan fingerprint density at radius 2 is 1.60 bits per heavy atom. The SMILES string of the molecule is Cc1ccc(OCCOc2ccc(CN)cc2)c(C)c1. The Morgan fingerprint density at radius 3 is 2.25 bits per heavy atom. The Hall–Kier alpha value is -2.00. The summed E-state index contributed by atoms with van der Waals surface area (Å²) in [6.45, 7) is 5.73. The van der Waals surface area contributed by atoms with Crippen molar-refractivity contribution in [3.63, 3.8) is 0 Å². The van der Waals surface area contributed by atoms with Crippen molar-refractivity contribution in [3.8, 4) is 11.5 Å². The van der Waals surface area contributed by atoms with Gasteiger partial charge in [0.05, 0.1) is 0 Å². The average molecular weight is 271 g/mol. The second-order valence-corrected chi connectivity index (χ2v) is 4.81. The first kappa shape index (κ1) is 14.4. The van der Waals surface area contributed by atoms with E-state index >= 15 is 0 Å². The molecule has 0 heterocycles. The molecule has 106 valence electrons. The van der Waals surface area contributed by atoms with Gasteiger partial charge in [0, 0.05) is 6.54 Å². The lowest BCUT2D eigenvalue weighted by Crippen LogP contribution is -2.09. The van der Waals surface area contributed by atoms with Crippen LogP contribution < -0.4 is 15.2 Å². The molecule has 0 bridgehead atoms. The minimum absolute atomic E-state index is 0.523. The van der Waals surface area contributed by atoms with Gasteiger partial charge in [-0.05, 0) is 43.2 Å². The van der Waals surface area contributed by atoms with Crippen LogP contribution in [-0.4, -0.2) is 13.2 Å². The molecule has 0 atom stereocenters. The maximum absolute atomic E-state index is 5.71. The van der Waals surface area contributed by atoms with E-state index in [9.17, 15) is 0 Å². The zero-order valence-corrected chi connectivity index (χ0v) is 12.1. The molecule has 0 spiro atoms. The first-order valence-corrected chi connectivity index (χ1v) is 6.81. The molecule has 2 aromatic rings. The van der Waals surface area contributed by atoms with Crippen LogP contribution in [0.1, 0.15) is 16.7 Å². The van der Waals surface area contributed by atoms with Crippen molar-refractivity contribution in [2.24, 2.45) is 5.73 Å². The molecule has 20 heavy (non-hydrogen) atoms. The van der Waals surface area contributed by atoms with E-state index < -0.39 is 0 Å². The third-order valence-electron chi connectivity index (χ3n) is 3.10. The monoisotopic (exact) mass is 271 g/mol. The zero-order valence-electron chi connectivity index (χ0n) is 12.1. The van der Waals surface area contributed by atoms with Crippen molar-refractivity contribution < 1.29 is 9.47 Å². The highest BCUT2D eigenvalue weighted by Crippen LogP contribution is 2.18. The van der Waals surface area contributed by atoms with Gasteiger partial charge in [-0.15, -0.1) is 0 Å². The van der Waals surface area contributed by atoms with Crippen LogP contribution >= 0.6 is 0 Å². The van der Waals surface area contributed by atoms with Crippen LogP contribution in [0.15, 0.2) is 42.5 Å². The topological polar surface area (TPSA) is 44.5 Å². The van der Waals surface area contributed by atoms with E-state index in [0.717, 1.165) is 22.6 Å². The Labute approximate surface area is 120 Å². The fourth-order valence-electron chi connectivity index (χ4n) is 1.99. The van der Waals surface area contributed by atoms with Gasteiger partial charge < -0.3 is 15.2 Å². The van der Waals surface area contributed by atoms with Crippen LogP contribution in [0.4, 0.5) is 0 Å². The largest absolute Gasteiger partial charge is 0.490 e. The lowest BCUT2D eigenvalue weighted by molar-refractivity contribution is 0.216. The number of hydrogen-bond acceptors (Lipinski definition) is 3. The molecule has 3 heteroatoms. The van der Waals surface area contributed by atoms with Gasteiger partial charge in [0.15, 0.2) is 0 Å². The van der Waals surface area contributed by atoms with Crippen LogP contribution in [0.3, 0.4) is 0 Å². The van der Waals surface area contributed by atoms with Crippen LogP contribution in [0, 0.1) is 13.8 Å². The molecule has 3 nitrogen and oxygen atoms in total. The number of benzene rings is 2. The Bertz CT molecular complexity index is 549. The molecule has 0 saturated heterocycles. The average Bonchev–Trinajstić information content (AvgIpc) is 2.46. The minimum atomic E-state index is 0.523. The Kier molecular flexibility index (Phi) is 5.02. The molecule has 2 aromatic carbocycles. The van der Waals surface area contributed by atoms with Crippen molar-refractivity contribution in [2.45, 2.75) is 20.4 Å². The van der Waals surface area contributed by atoms with E-state index in [-0.39, 0.29) is 0 Å². The Balaban J connectivity index is 1.78. The van der Waals surface area contributed by atoms with Gasteiger partial charge >= 0.3 is 0 Å². The van der Waals surface area contributed by atoms with Gasteiger partial charge in [-0.25, -0.2) is 0 Å². The van der Waals surface area contributed by atoms with E-state index in [1.165, 1.54) is 5.56 Å². The first-order chi connectivity index (χ1) is 9.69.